The molecule has 0 bridgehead atoms. The Morgan fingerprint density at radius 1 is 1.42 bits per heavy atom. The summed E-state index contributed by atoms with van der Waals surface area (Å²) in [5, 5.41) is 8.78. The van der Waals surface area contributed by atoms with Crippen molar-refractivity contribution < 1.29 is 4.39 Å². The van der Waals surface area contributed by atoms with Gasteiger partial charge in [-0.15, -0.1) is 0 Å². The van der Waals surface area contributed by atoms with Crippen molar-refractivity contribution in [1.29, 1.82) is 5.26 Å². The van der Waals surface area contributed by atoms with Gasteiger partial charge in [-0.05, 0) is 24.3 Å². The second kappa shape index (κ2) is 4.34. The lowest BCUT2D eigenvalue weighted by Gasteiger charge is -1.98. The van der Waals surface area contributed by atoms with E-state index in [-0.39, 0.29) is 0 Å². The number of rotatable bonds is 2. The van der Waals surface area contributed by atoms with Crippen molar-refractivity contribution in [3.63, 3.8) is 0 Å². The van der Waals surface area contributed by atoms with E-state index in [0.29, 0.717) is 9.92 Å². The van der Waals surface area contributed by atoms with Gasteiger partial charge in [-0.25, -0.2) is 4.39 Å². The summed E-state index contributed by atoms with van der Waals surface area (Å²) in [6.45, 7) is 0. The van der Waals surface area contributed by atoms with E-state index in [1.807, 2.05) is 0 Å². The molecule has 0 N–H and O–H groups in total. The molecule has 0 aromatic heterocycles. The van der Waals surface area contributed by atoms with Gasteiger partial charge in [-0.3, -0.25) is 0 Å². The monoisotopic (exact) mass is 201 g/mol. The number of nitrogens with zero attached hydrogens (tertiary/aromatic N) is 1. The van der Waals surface area contributed by atoms with Crippen molar-refractivity contribution >= 4 is 23.4 Å². The summed E-state index contributed by atoms with van der Waals surface area (Å²) in [6, 6.07) is 8.17. The maximum Gasteiger partial charge on any atom is 0.236 e. The second-order valence-electron chi connectivity index (χ2n) is 2.02. The lowest BCUT2D eigenvalue weighted by Crippen LogP contribution is -1.85. The molecule has 1 rings (SSSR count). The summed E-state index contributed by atoms with van der Waals surface area (Å²) < 4.78 is 12.5. The number of hydrogen-bond donors (Lipinski definition) is 0. The molecule has 62 valence electrons. The van der Waals surface area contributed by atoms with Crippen molar-refractivity contribution in [3.8, 4) is 6.07 Å². The molecular weight excluding hydrogens is 197 g/mol. The fourth-order valence-corrected chi connectivity index (χ4v) is 1.37. The van der Waals surface area contributed by atoms with Gasteiger partial charge in [-0.1, -0.05) is 23.4 Å². The van der Waals surface area contributed by atoms with Crippen molar-refractivity contribution in [2.75, 3.05) is 0 Å². The molecule has 1 unspecified atom stereocenters. The van der Waals surface area contributed by atoms with Crippen LogP contribution in [0.25, 0.3) is 0 Å². The highest BCUT2D eigenvalue weighted by atomic mass is 35.5. The Labute approximate surface area is 79.1 Å². The fraction of sp³-hybridized carbons (Fsp3) is 0.125. The highest BCUT2D eigenvalue weighted by molar-refractivity contribution is 8.00. The van der Waals surface area contributed by atoms with Crippen LogP contribution in [0.5, 0.6) is 0 Å². The van der Waals surface area contributed by atoms with Crippen molar-refractivity contribution in [2.45, 2.75) is 10.4 Å². The first-order valence-corrected chi connectivity index (χ1v) is 4.44. The first-order valence-electron chi connectivity index (χ1n) is 3.18. The van der Waals surface area contributed by atoms with E-state index in [9.17, 15) is 4.39 Å². The van der Waals surface area contributed by atoms with Gasteiger partial charge in [0.25, 0.3) is 0 Å². The number of thioether (sulfide) groups is 1. The Hall–Kier alpha value is -0.720. The van der Waals surface area contributed by atoms with Crippen molar-refractivity contribution in [1.82, 2.24) is 0 Å². The zero-order chi connectivity index (χ0) is 8.97. The quantitative estimate of drug-likeness (QED) is 0.686. The summed E-state index contributed by atoms with van der Waals surface area (Å²) in [4.78, 5) is 0.702. The Morgan fingerprint density at radius 3 is 2.50 bits per heavy atom. The Balaban J connectivity index is 2.66. The number of hydrogen-bond acceptors (Lipinski definition) is 2. The average molecular weight is 202 g/mol. The number of halogens is 2. The zero-order valence-corrected chi connectivity index (χ0v) is 7.57. The van der Waals surface area contributed by atoms with Gasteiger partial charge < -0.3 is 0 Å². The lowest BCUT2D eigenvalue weighted by molar-refractivity contribution is 0.528. The van der Waals surface area contributed by atoms with Gasteiger partial charge in [-0.2, -0.15) is 5.26 Å². The molecule has 1 nitrogen and oxygen atoms in total. The summed E-state index contributed by atoms with van der Waals surface area (Å²) in [7, 11) is 0. The molecular formula is C8H5ClFNS. The topological polar surface area (TPSA) is 23.8 Å². The zero-order valence-electron chi connectivity index (χ0n) is 6.00. The highest BCUT2D eigenvalue weighted by Crippen LogP contribution is 2.24. The van der Waals surface area contributed by atoms with Crippen LogP contribution in [0.15, 0.2) is 29.2 Å². The van der Waals surface area contributed by atoms with Gasteiger partial charge in [0.05, 0.1) is 0 Å². The lowest BCUT2D eigenvalue weighted by atomic mass is 10.4. The molecule has 0 heterocycles. The second-order valence-corrected chi connectivity index (χ2v) is 3.57. The Kier molecular flexibility index (Phi) is 3.39. The maximum absolute atomic E-state index is 12.5. The van der Waals surface area contributed by atoms with Crippen molar-refractivity contribution in [2.24, 2.45) is 0 Å². The molecule has 0 saturated carbocycles. The Morgan fingerprint density at radius 2 is 2.00 bits per heavy atom. The molecule has 0 aliphatic rings. The molecule has 0 radical (unpaired) electrons. The first kappa shape index (κ1) is 9.37. The van der Waals surface area contributed by atoms with E-state index in [4.69, 9.17) is 16.9 Å². The van der Waals surface area contributed by atoms with E-state index in [2.05, 4.69) is 0 Å². The normalized spacial score (nSPS) is 12.1. The van der Waals surface area contributed by atoms with Crippen LogP contribution in [-0.2, 0) is 0 Å². The molecule has 0 spiro atoms. The molecule has 1 atom stereocenters. The number of alkyl halides is 1. The van der Waals surface area contributed by atoms with E-state index in [1.165, 1.54) is 6.07 Å². The van der Waals surface area contributed by atoms with Crippen LogP contribution < -0.4 is 0 Å². The molecule has 12 heavy (non-hydrogen) atoms. The van der Waals surface area contributed by atoms with Gasteiger partial charge in [0.15, 0.2) is 0 Å². The molecule has 0 amide bonds. The summed E-state index contributed by atoms with van der Waals surface area (Å²) >= 11 is 6.48. The molecule has 0 fully saturated rings. The van der Waals surface area contributed by atoms with E-state index in [0.717, 1.165) is 11.8 Å². The van der Waals surface area contributed by atoms with Gasteiger partial charge in [0, 0.05) is 9.92 Å². The molecule has 0 aliphatic carbocycles. The third kappa shape index (κ3) is 2.72. The predicted molar refractivity (Wildman–Crippen MR) is 47.8 cm³/mol. The Bertz CT molecular complexity index is 293. The SMILES string of the molecule is N#CC(F)Sc1ccc(Cl)cc1. The summed E-state index contributed by atoms with van der Waals surface area (Å²) in [5.74, 6) is 0. The molecule has 1 aromatic carbocycles. The van der Waals surface area contributed by atoms with Crippen LogP contribution in [0, 0.1) is 11.3 Å². The van der Waals surface area contributed by atoms with Crippen LogP contribution >= 0.6 is 23.4 Å². The standard InChI is InChI=1S/C8H5ClFNS/c9-6-1-3-7(4-2-6)12-8(10)5-11/h1-4,8H. The average Bonchev–Trinajstić information content (AvgIpc) is 2.09. The van der Waals surface area contributed by atoms with E-state index < -0.39 is 5.50 Å². The highest BCUT2D eigenvalue weighted by Gasteiger charge is 2.05. The maximum atomic E-state index is 12.5. The van der Waals surface area contributed by atoms with Crippen LogP contribution in [0.3, 0.4) is 0 Å². The summed E-state index contributed by atoms with van der Waals surface area (Å²) in [5.41, 5.74) is -1.51. The largest absolute Gasteiger partial charge is 0.236 e. The van der Waals surface area contributed by atoms with Crippen LogP contribution in [0.1, 0.15) is 0 Å². The van der Waals surface area contributed by atoms with Gasteiger partial charge in [0.2, 0.25) is 5.50 Å². The minimum Gasteiger partial charge on any atom is -0.218 e. The fourth-order valence-electron chi connectivity index (χ4n) is 0.659. The number of benzene rings is 1. The molecule has 0 saturated heterocycles. The minimum atomic E-state index is -1.51. The van der Waals surface area contributed by atoms with Gasteiger partial charge in [0.1, 0.15) is 6.07 Å². The minimum absolute atomic E-state index is 0.603. The molecule has 4 heteroatoms. The molecule has 0 aliphatic heterocycles. The first-order chi connectivity index (χ1) is 5.72. The van der Waals surface area contributed by atoms with Crippen LogP contribution in [0.4, 0.5) is 4.39 Å². The van der Waals surface area contributed by atoms with E-state index >= 15 is 0 Å². The molecule has 1 aromatic rings. The van der Waals surface area contributed by atoms with Crippen molar-refractivity contribution in [3.05, 3.63) is 29.3 Å². The van der Waals surface area contributed by atoms with Crippen LogP contribution in [0.2, 0.25) is 5.02 Å². The van der Waals surface area contributed by atoms with Crippen LogP contribution in [-0.4, -0.2) is 5.50 Å². The number of nitriles is 1. The third-order valence-corrected chi connectivity index (χ3v) is 2.26. The third-order valence-electron chi connectivity index (χ3n) is 1.15. The smallest absolute Gasteiger partial charge is 0.218 e. The van der Waals surface area contributed by atoms with Gasteiger partial charge >= 0.3 is 0 Å². The predicted octanol–water partition coefficient (Wildman–Crippen LogP) is 3.25. The van der Waals surface area contributed by atoms with E-state index in [1.54, 1.807) is 24.3 Å². The summed E-state index contributed by atoms with van der Waals surface area (Å²) in [6.07, 6.45) is 0.